The minimum atomic E-state index is -0.0334. The molecule has 1 N–H and O–H groups in total. The molecule has 0 saturated heterocycles. The number of carbonyl (C=O) groups excluding carboxylic acids is 1. The van der Waals surface area contributed by atoms with E-state index in [1.54, 1.807) is 11.9 Å². The molecule has 0 unspecified atom stereocenters. The lowest BCUT2D eigenvalue weighted by molar-refractivity contribution is 0.0781. The molecule has 0 radical (unpaired) electrons. The van der Waals surface area contributed by atoms with Crippen LogP contribution in [0.25, 0.3) is 0 Å². The van der Waals surface area contributed by atoms with E-state index >= 15 is 0 Å². The summed E-state index contributed by atoms with van der Waals surface area (Å²) in [6.07, 6.45) is 1.44. The highest BCUT2D eigenvalue weighted by molar-refractivity contribution is 5.94. The molecule has 26 heavy (non-hydrogen) atoms. The molecule has 3 rings (SSSR count). The topological polar surface area (TPSA) is 65.1 Å². The number of amides is 1. The minimum absolute atomic E-state index is 0.0334. The van der Waals surface area contributed by atoms with Gasteiger partial charge in [0.2, 0.25) is 0 Å². The van der Waals surface area contributed by atoms with Crippen molar-refractivity contribution in [3.63, 3.8) is 0 Å². The van der Waals surface area contributed by atoms with E-state index < -0.39 is 0 Å². The summed E-state index contributed by atoms with van der Waals surface area (Å²) in [5, 5.41) is 6.58. The van der Waals surface area contributed by atoms with Gasteiger partial charge in [-0.2, -0.15) is 5.10 Å². The van der Waals surface area contributed by atoms with Crippen LogP contribution in [-0.2, 0) is 19.6 Å². The van der Waals surface area contributed by atoms with Gasteiger partial charge in [-0.25, -0.2) is 4.98 Å². The molecule has 1 heterocycles. The molecule has 0 spiro atoms. The highest BCUT2D eigenvalue weighted by atomic mass is 16.2. The quantitative estimate of drug-likeness (QED) is 0.712. The van der Waals surface area contributed by atoms with Gasteiger partial charge in [0.25, 0.3) is 5.91 Å². The van der Waals surface area contributed by atoms with Gasteiger partial charge in [0.15, 0.2) is 0 Å². The third-order valence-electron chi connectivity index (χ3n) is 4.12. The predicted molar refractivity (Wildman–Crippen MR) is 100 cm³/mol. The molecule has 134 valence electrons. The molecule has 1 aromatic heterocycles. The molecule has 1 amide bonds. The summed E-state index contributed by atoms with van der Waals surface area (Å²) in [5.41, 5.74) is 3.06. The molecule has 2 aromatic carbocycles. The lowest BCUT2D eigenvalue weighted by atomic mass is 10.1. The van der Waals surface area contributed by atoms with Crippen molar-refractivity contribution in [1.29, 1.82) is 0 Å². The van der Waals surface area contributed by atoms with Gasteiger partial charge in [0.1, 0.15) is 12.2 Å². The number of H-pyrrole nitrogens is 1. The van der Waals surface area contributed by atoms with Gasteiger partial charge in [-0.3, -0.25) is 14.8 Å². The summed E-state index contributed by atoms with van der Waals surface area (Å²) < 4.78 is 0. The molecule has 0 fully saturated rings. The van der Waals surface area contributed by atoms with Crippen LogP contribution < -0.4 is 0 Å². The predicted octanol–water partition coefficient (Wildman–Crippen LogP) is 2.71. The minimum Gasteiger partial charge on any atom is -0.334 e. The third kappa shape index (κ3) is 4.77. The summed E-state index contributed by atoms with van der Waals surface area (Å²) in [5.74, 6) is 0.633. The van der Waals surface area contributed by atoms with E-state index in [1.807, 2.05) is 36.4 Å². The standard InChI is InChI=1S/C20H23N5O/c1-24(12-16-7-4-3-5-8-16)13-17-9-6-10-18(11-17)20(26)25(2)14-19-21-15-22-23-19/h3-11,15H,12-14H2,1-2H3,(H,21,22,23). The Balaban J connectivity index is 1.62. The van der Waals surface area contributed by atoms with Crippen molar-refractivity contribution in [2.24, 2.45) is 0 Å². The van der Waals surface area contributed by atoms with Crippen molar-refractivity contribution in [1.82, 2.24) is 25.0 Å². The Morgan fingerprint density at radius 3 is 2.42 bits per heavy atom. The monoisotopic (exact) mass is 349 g/mol. The number of hydrogen-bond donors (Lipinski definition) is 1. The maximum atomic E-state index is 12.7. The molecule has 3 aromatic rings. The second-order valence-corrected chi connectivity index (χ2v) is 6.45. The lowest BCUT2D eigenvalue weighted by Crippen LogP contribution is -2.27. The zero-order valence-corrected chi connectivity index (χ0v) is 15.1. The first kappa shape index (κ1) is 17.8. The van der Waals surface area contributed by atoms with Crippen LogP contribution >= 0.6 is 0 Å². The van der Waals surface area contributed by atoms with Gasteiger partial charge >= 0.3 is 0 Å². The highest BCUT2D eigenvalue weighted by Gasteiger charge is 2.14. The van der Waals surface area contributed by atoms with E-state index in [4.69, 9.17) is 0 Å². The molecule has 0 atom stereocenters. The first-order chi connectivity index (χ1) is 12.6. The second kappa shape index (κ2) is 8.40. The van der Waals surface area contributed by atoms with E-state index in [2.05, 4.69) is 45.3 Å². The summed E-state index contributed by atoms with van der Waals surface area (Å²) in [6, 6.07) is 18.1. The van der Waals surface area contributed by atoms with Crippen LogP contribution in [0.2, 0.25) is 0 Å². The van der Waals surface area contributed by atoms with Gasteiger partial charge in [-0.15, -0.1) is 0 Å². The van der Waals surface area contributed by atoms with Gasteiger partial charge in [-0.1, -0.05) is 42.5 Å². The largest absolute Gasteiger partial charge is 0.334 e. The van der Waals surface area contributed by atoms with Crippen LogP contribution in [0.1, 0.15) is 27.3 Å². The second-order valence-electron chi connectivity index (χ2n) is 6.45. The molecule has 0 bridgehead atoms. The van der Waals surface area contributed by atoms with Crippen LogP contribution in [0.4, 0.5) is 0 Å². The molecule has 0 aliphatic heterocycles. The average Bonchev–Trinajstić information content (AvgIpc) is 3.15. The number of benzene rings is 2. The van der Waals surface area contributed by atoms with Crippen LogP contribution in [-0.4, -0.2) is 45.0 Å². The first-order valence-electron chi connectivity index (χ1n) is 8.53. The van der Waals surface area contributed by atoms with Crippen molar-refractivity contribution in [3.05, 3.63) is 83.4 Å². The van der Waals surface area contributed by atoms with Crippen molar-refractivity contribution >= 4 is 5.91 Å². The molecular weight excluding hydrogens is 326 g/mol. The molecule has 0 aliphatic rings. The molecular formula is C20H23N5O. The van der Waals surface area contributed by atoms with E-state index in [0.29, 0.717) is 17.9 Å². The Morgan fingerprint density at radius 1 is 0.962 bits per heavy atom. The summed E-state index contributed by atoms with van der Waals surface area (Å²) in [7, 11) is 3.84. The normalized spacial score (nSPS) is 10.9. The van der Waals surface area contributed by atoms with E-state index in [0.717, 1.165) is 18.7 Å². The maximum Gasteiger partial charge on any atom is 0.254 e. The molecule has 0 aliphatic carbocycles. The number of aromatic nitrogens is 3. The Bertz CT molecular complexity index is 832. The number of hydrogen-bond acceptors (Lipinski definition) is 4. The zero-order chi connectivity index (χ0) is 18.4. The van der Waals surface area contributed by atoms with Crippen molar-refractivity contribution in [2.45, 2.75) is 19.6 Å². The molecule has 0 saturated carbocycles. The van der Waals surface area contributed by atoms with E-state index in [1.165, 1.54) is 11.9 Å². The Labute approximate surface area is 153 Å². The molecule has 6 nitrogen and oxygen atoms in total. The fourth-order valence-electron chi connectivity index (χ4n) is 2.89. The summed E-state index contributed by atoms with van der Waals surface area (Å²) in [4.78, 5) is 20.6. The first-order valence-corrected chi connectivity index (χ1v) is 8.53. The Hall–Kier alpha value is -2.99. The summed E-state index contributed by atoms with van der Waals surface area (Å²) in [6.45, 7) is 2.04. The van der Waals surface area contributed by atoms with Gasteiger partial charge in [0, 0.05) is 25.7 Å². The number of nitrogens with zero attached hydrogens (tertiary/aromatic N) is 4. The van der Waals surface area contributed by atoms with Crippen molar-refractivity contribution in [3.8, 4) is 0 Å². The van der Waals surface area contributed by atoms with Gasteiger partial charge in [0.05, 0.1) is 6.54 Å². The SMILES string of the molecule is CN(Cc1ccccc1)Cc1cccc(C(=O)N(C)Cc2ncn[nH]2)c1. The zero-order valence-electron chi connectivity index (χ0n) is 15.1. The van der Waals surface area contributed by atoms with Gasteiger partial charge < -0.3 is 4.90 Å². The van der Waals surface area contributed by atoms with Crippen LogP contribution in [0, 0.1) is 0 Å². The molecule has 6 heteroatoms. The van der Waals surface area contributed by atoms with E-state index in [-0.39, 0.29) is 5.91 Å². The smallest absolute Gasteiger partial charge is 0.254 e. The number of nitrogens with one attached hydrogen (secondary N) is 1. The Morgan fingerprint density at radius 2 is 1.69 bits per heavy atom. The Kier molecular flexibility index (Phi) is 5.76. The number of rotatable bonds is 7. The van der Waals surface area contributed by atoms with Gasteiger partial charge in [-0.05, 0) is 30.3 Å². The maximum absolute atomic E-state index is 12.7. The van der Waals surface area contributed by atoms with Crippen LogP contribution in [0.5, 0.6) is 0 Å². The average molecular weight is 349 g/mol. The number of carbonyl (C=O) groups is 1. The third-order valence-corrected chi connectivity index (χ3v) is 4.12. The fraction of sp³-hybridized carbons (Fsp3) is 0.250. The lowest BCUT2D eigenvalue weighted by Gasteiger charge is -2.19. The number of aromatic amines is 1. The van der Waals surface area contributed by atoms with Crippen LogP contribution in [0.3, 0.4) is 0 Å². The van der Waals surface area contributed by atoms with Crippen molar-refractivity contribution < 1.29 is 4.79 Å². The highest BCUT2D eigenvalue weighted by Crippen LogP contribution is 2.12. The van der Waals surface area contributed by atoms with Crippen molar-refractivity contribution in [2.75, 3.05) is 14.1 Å². The van der Waals surface area contributed by atoms with Crippen LogP contribution in [0.15, 0.2) is 60.9 Å². The van der Waals surface area contributed by atoms with E-state index in [9.17, 15) is 4.79 Å². The summed E-state index contributed by atoms with van der Waals surface area (Å²) >= 11 is 0. The fourth-order valence-corrected chi connectivity index (χ4v) is 2.89.